The van der Waals surface area contributed by atoms with Crippen molar-refractivity contribution < 1.29 is 39.2 Å². The lowest BCUT2D eigenvalue weighted by atomic mass is 9.88. The molecule has 0 aromatic heterocycles. The van der Waals surface area contributed by atoms with Crippen molar-refractivity contribution in [1.29, 1.82) is 0 Å². The predicted octanol–water partition coefficient (Wildman–Crippen LogP) is 10.1. The summed E-state index contributed by atoms with van der Waals surface area (Å²) in [5.41, 5.74) is 0. The zero-order valence-electron chi connectivity index (χ0n) is 33.7. The number of hydrogen-bond donors (Lipinski definition) is 3. The largest absolute Gasteiger partial charge is 0.463 e. The molecule has 0 aromatic carbocycles. The molecular formula is C44H80O8. The van der Waals surface area contributed by atoms with E-state index in [0.717, 1.165) is 70.1 Å². The van der Waals surface area contributed by atoms with E-state index in [1.807, 2.05) is 0 Å². The van der Waals surface area contributed by atoms with Crippen LogP contribution in [0.5, 0.6) is 0 Å². The highest BCUT2D eigenvalue weighted by molar-refractivity contribution is 5.86. The Morgan fingerprint density at radius 2 is 1.15 bits per heavy atom. The molecule has 0 aliphatic heterocycles. The van der Waals surface area contributed by atoms with Crippen molar-refractivity contribution in [2.45, 2.75) is 219 Å². The van der Waals surface area contributed by atoms with Crippen LogP contribution in [0.25, 0.3) is 0 Å². The van der Waals surface area contributed by atoms with E-state index in [1.54, 1.807) is 12.2 Å². The highest BCUT2D eigenvalue weighted by Crippen LogP contribution is 2.34. The van der Waals surface area contributed by atoms with Gasteiger partial charge in [-0.25, -0.2) is 0 Å². The van der Waals surface area contributed by atoms with Gasteiger partial charge in [-0.3, -0.25) is 14.4 Å². The lowest BCUT2D eigenvalue weighted by Crippen LogP contribution is -2.25. The molecule has 8 heteroatoms. The average Bonchev–Trinajstić information content (AvgIpc) is 3.40. The molecule has 1 fully saturated rings. The summed E-state index contributed by atoms with van der Waals surface area (Å²) in [6.07, 6.45) is 30.3. The minimum Gasteiger partial charge on any atom is -0.463 e. The second kappa shape index (κ2) is 32.6. The van der Waals surface area contributed by atoms with Crippen LogP contribution < -0.4 is 0 Å². The SMILES string of the molecule is CCCCC[C@H](O)/C=C/[C@H]1C(=O)C[C@H](O)[C@@H]1CCCCCCC(=O)OC[C@@H](O)COC(=O)CCCCCCCCCCCCCCCCC(C)CC. The Bertz CT molecular complexity index is 920. The van der Waals surface area contributed by atoms with Gasteiger partial charge >= 0.3 is 11.9 Å². The smallest absolute Gasteiger partial charge is 0.305 e. The Morgan fingerprint density at radius 1 is 0.692 bits per heavy atom. The number of carbonyl (C=O) groups excluding carboxylic acids is 3. The maximum absolute atomic E-state index is 12.4. The summed E-state index contributed by atoms with van der Waals surface area (Å²) < 4.78 is 10.3. The number of esters is 2. The summed E-state index contributed by atoms with van der Waals surface area (Å²) in [5, 5.41) is 30.7. The summed E-state index contributed by atoms with van der Waals surface area (Å²) in [7, 11) is 0. The zero-order valence-corrected chi connectivity index (χ0v) is 33.7. The minimum atomic E-state index is -1.03. The third-order valence-corrected chi connectivity index (χ3v) is 10.9. The number of allylic oxidation sites excluding steroid dienone is 1. The van der Waals surface area contributed by atoms with Gasteiger partial charge in [0.2, 0.25) is 0 Å². The molecule has 0 heterocycles. The number of unbranched alkanes of at least 4 members (excludes halogenated alkanes) is 18. The molecule has 1 unspecified atom stereocenters. The second-order valence-electron chi connectivity index (χ2n) is 15.9. The van der Waals surface area contributed by atoms with Crippen LogP contribution >= 0.6 is 0 Å². The van der Waals surface area contributed by atoms with Crippen molar-refractivity contribution in [2.75, 3.05) is 13.2 Å². The van der Waals surface area contributed by atoms with Gasteiger partial charge in [0, 0.05) is 25.2 Å². The van der Waals surface area contributed by atoms with Crippen molar-refractivity contribution in [3.05, 3.63) is 12.2 Å². The van der Waals surface area contributed by atoms with Gasteiger partial charge in [-0.15, -0.1) is 0 Å². The molecule has 0 amide bonds. The van der Waals surface area contributed by atoms with Crippen molar-refractivity contribution in [2.24, 2.45) is 17.8 Å². The van der Waals surface area contributed by atoms with Crippen LogP contribution in [0.3, 0.4) is 0 Å². The minimum absolute atomic E-state index is 0.0367. The molecule has 1 saturated carbocycles. The molecule has 52 heavy (non-hydrogen) atoms. The van der Waals surface area contributed by atoms with Crippen molar-refractivity contribution in [3.63, 3.8) is 0 Å². The number of aliphatic hydroxyl groups is 3. The van der Waals surface area contributed by atoms with Gasteiger partial charge in [0.25, 0.3) is 0 Å². The Morgan fingerprint density at radius 3 is 1.65 bits per heavy atom. The summed E-state index contributed by atoms with van der Waals surface area (Å²) in [6.45, 7) is 6.40. The lowest BCUT2D eigenvalue weighted by Gasteiger charge is -2.19. The highest BCUT2D eigenvalue weighted by Gasteiger charge is 2.39. The van der Waals surface area contributed by atoms with Gasteiger partial charge in [0.1, 0.15) is 25.1 Å². The van der Waals surface area contributed by atoms with Gasteiger partial charge in [-0.1, -0.05) is 168 Å². The molecule has 3 N–H and O–H groups in total. The predicted molar refractivity (Wildman–Crippen MR) is 211 cm³/mol. The van der Waals surface area contributed by atoms with Gasteiger partial charge in [-0.05, 0) is 37.5 Å². The first-order chi connectivity index (χ1) is 25.2. The Balaban J connectivity index is 1.97. The first-order valence-corrected chi connectivity index (χ1v) is 21.7. The molecule has 304 valence electrons. The Kier molecular flexibility index (Phi) is 30.3. The van der Waals surface area contributed by atoms with Crippen LogP contribution in [0.15, 0.2) is 12.2 Å². The van der Waals surface area contributed by atoms with Gasteiger partial charge in [-0.2, -0.15) is 0 Å². The van der Waals surface area contributed by atoms with Crippen LogP contribution in [0, 0.1) is 17.8 Å². The normalized spacial score (nSPS) is 19.3. The molecule has 1 aliphatic rings. The maximum atomic E-state index is 12.4. The maximum Gasteiger partial charge on any atom is 0.305 e. The van der Waals surface area contributed by atoms with Crippen LogP contribution in [0.1, 0.15) is 201 Å². The molecule has 0 aromatic rings. The quantitative estimate of drug-likeness (QED) is 0.0333. The zero-order chi connectivity index (χ0) is 38.2. The van der Waals surface area contributed by atoms with E-state index in [1.165, 1.54) is 83.5 Å². The summed E-state index contributed by atoms with van der Waals surface area (Å²) in [4.78, 5) is 36.6. The monoisotopic (exact) mass is 737 g/mol. The van der Waals surface area contributed by atoms with Crippen molar-refractivity contribution in [1.82, 2.24) is 0 Å². The van der Waals surface area contributed by atoms with E-state index >= 15 is 0 Å². The second-order valence-corrected chi connectivity index (χ2v) is 15.9. The molecular weight excluding hydrogens is 656 g/mol. The van der Waals surface area contributed by atoms with Crippen molar-refractivity contribution in [3.8, 4) is 0 Å². The summed E-state index contributed by atoms with van der Waals surface area (Å²) >= 11 is 0. The number of rotatable bonds is 35. The van der Waals surface area contributed by atoms with E-state index in [4.69, 9.17) is 9.47 Å². The average molecular weight is 737 g/mol. The fourth-order valence-electron chi connectivity index (χ4n) is 7.20. The van der Waals surface area contributed by atoms with E-state index in [2.05, 4.69) is 20.8 Å². The number of aliphatic hydroxyl groups excluding tert-OH is 3. The third kappa shape index (κ3) is 26.1. The fourth-order valence-corrected chi connectivity index (χ4v) is 7.20. The first kappa shape index (κ1) is 48.2. The van der Waals surface area contributed by atoms with E-state index in [9.17, 15) is 29.7 Å². The summed E-state index contributed by atoms with van der Waals surface area (Å²) in [6, 6.07) is 0. The van der Waals surface area contributed by atoms with Crippen LogP contribution in [0.2, 0.25) is 0 Å². The van der Waals surface area contributed by atoms with Crippen LogP contribution in [0.4, 0.5) is 0 Å². The van der Waals surface area contributed by atoms with Gasteiger partial charge < -0.3 is 24.8 Å². The number of hydrogen-bond acceptors (Lipinski definition) is 8. The highest BCUT2D eigenvalue weighted by atomic mass is 16.6. The van der Waals surface area contributed by atoms with E-state index < -0.39 is 18.3 Å². The number of carbonyl (C=O) groups is 3. The first-order valence-electron chi connectivity index (χ1n) is 21.7. The molecule has 1 rings (SSSR count). The molecule has 0 radical (unpaired) electrons. The molecule has 1 aliphatic carbocycles. The molecule has 8 nitrogen and oxygen atoms in total. The molecule has 6 atom stereocenters. The standard InChI is InChI=1S/C44H80O8/c1-4-6-21-27-37(45)31-32-40-39(41(47)33-42(40)48)28-23-19-20-25-30-44(50)52-35-38(46)34-51-43(49)29-24-18-16-14-12-10-8-7-9-11-13-15-17-22-26-36(3)5-2/h31-32,36-41,45-47H,4-30,33-35H2,1-3H3/b32-31+/t36?,37-,38-,39+,40+,41-/m0/s1. The molecule has 0 spiro atoms. The fraction of sp³-hybridized carbons (Fsp3) is 0.886. The van der Waals surface area contributed by atoms with Gasteiger partial charge in [0.15, 0.2) is 0 Å². The van der Waals surface area contributed by atoms with Crippen LogP contribution in [-0.4, -0.2) is 64.6 Å². The van der Waals surface area contributed by atoms with E-state index in [0.29, 0.717) is 19.3 Å². The Labute approximate surface area is 318 Å². The number of ketones is 1. The molecule has 0 bridgehead atoms. The lowest BCUT2D eigenvalue weighted by molar-refractivity contribution is -0.152. The number of Topliss-reactive ketones (excluding diaryl/α,β-unsaturated/α-hetero) is 1. The number of ether oxygens (including phenoxy) is 2. The third-order valence-electron chi connectivity index (χ3n) is 10.9. The van der Waals surface area contributed by atoms with E-state index in [-0.39, 0.29) is 55.6 Å². The Hall–Kier alpha value is -1.77. The topological polar surface area (TPSA) is 130 Å². The van der Waals surface area contributed by atoms with Crippen LogP contribution in [-0.2, 0) is 23.9 Å². The molecule has 0 saturated heterocycles. The van der Waals surface area contributed by atoms with Gasteiger partial charge in [0.05, 0.1) is 12.2 Å². The van der Waals surface area contributed by atoms with Crippen molar-refractivity contribution >= 4 is 17.7 Å². The summed E-state index contributed by atoms with van der Waals surface area (Å²) in [5.74, 6) is -0.254.